The maximum Gasteiger partial charge on any atom is 0.317 e. The molecule has 0 spiro atoms. The minimum atomic E-state index is -0.0759. The number of ether oxygens (including phenoxy) is 1. The number of hydrogen-bond donors (Lipinski definition) is 1. The van der Waals surface area contributed by atoms with Gasteiger partial charge in [0, 0.05) is 18.1 Å². The highest BCUT2D eigenvalue weighted by Crippen LogP contribution is 2.32. The number of benzene rings is 2. The lowest BCUT2D eigenvalue weighted by Crippen LogP contribution is -2.40. The number of nitrogens with one attached hydrogen (secondary N) is 1. The topological polar surface area (TPSA) is 59.4 Å². The van der Waals surface area contributed by atoms with Gasteiger partial charge in [-0.05, 0) is 56.2 Å². The summed E-state index contributed by atoms with van der Waals surface area (Å²) in [5.41, 5.74) is 2.58. The maximum absolute atomic E-state index is 12.7. The first-order valence-corrected chi connectivity index (χ1v) is 11.0. The molecule has 0 saturated heterocycles. The molecule has 0 aliphatic carbocycles. The Morgan fingerprint density at radius 1 is 1.10 bits per heavy atom. The van der Waals surface area contributed by atoms with E-state index in [0.29, 0.717) is 36.3 Å². The van der Waals surface area contributed by atoms with Crippen LogP contribution in [0.15, 0.2) is 54.6 Å². The van der Waals surface area contributed by atoms with Gasteiger partial charge >= 0.3 is 6.03 Å². The Hall–Kier alpha value is -2.99. The van der Waals surface area contributed by atoms with Gasteiger partial charge in [0.05, 0.1) is 23.5 Å². The highest BCUT2D eigenvalue weighted by molar-refractivity contribution is 6.30. The fraction of sp³-hybridized carbons (Fsp3) is 0.333. The fourth-order valence-corrected chi connectivity index (χ4v) is 3.37. The number of aromatic nitrogens is 2. The number of nitrogens with zero attached hydrogens (tertiary/aromatic N) is 3. The standard InChI is InChI=1S/C24H29ClN4O2/c1-4-15-26-24(30)28(16-5-2)17-22-18(3)27-29(20-9-7-6-8-10-20)23(22)31-21-13-11-19(25)12-14-21/h6-14H,4-5,15-17H2,1-3H3,(H,26,30). The van der Waals surface area contributed by atoms with Crippen molar-refractivity contribution >= 4 is 17.6 Å². The third kappa shape index (κ3) is 5.79. The number of amides is 2. The average Bonchev–Trinajstić information content (AvgIpc) is 3.09. The van der Waals surface area contributed by atoms with E-state index in [1.165, 1.54) is 0 Å². The highest BCUT2D eigenvalue weighted by Gasteiger charge is 2.23. The molecule has 7 heteroatoms. The van der Waals surface area contributed by atoms with Crippen LogP contribution >= 0.6 is 11.6 Å². The lowest BCUT2D eigenvalue weighted by molar-refractivity contribution is 0.194. The van der Waals surface area contributed by atoms with Gasteiger partial charge in [-0.3, -0.25) is 0 Å². The Bertz CT molecular complexity index is 987. The molecule has 1 heterocycles. The lowest BCUT2D eigenvalue weighted by Gasteiger charge is -2.23. The Kier molecular flexibility index (Phi) is 7.95. The number of carbonyl (C=O) groups is 1. The van der Waals surface area contributed by atoms with Gasteiger partial charge in [-0.2, -0.15) is 5.10 Å². The van der Waals surface area contributed by atoms with Crippen molar-refractivity contribution in [1.82, 2.24) is 20.0 Å². The van der Waals surface area contributed by atoms with Crippen molar-refractivity contribution in [3.63, 3.8) is 0 Å². The summed E-state index contributed by atoms with van der Waals surface area (Å²) < 4.78 is 8.08. The van der Waals surface area contributed by atoms with Crippen LogP contribution in [0.4, 0.5) is 4.79 Å². The Morgan fingerprint density at radius 2 is 1.81 bits per heavy atom. The molecule has 1 N–H and O–H groups in total. The van der Waals surface area contributed by atoms with E-state index < -0.39 is 0 Å². The van der Waals surface area contributed by atoms with Crippen LogP contribution in [0.25, 0.3) is 5.69 Å². The fourth-order valence-electron chi connectivity index (χ4n) is 3.24. The van der Waals surface area contributed by atoms with Gasteiger partial charge in [-0.1, -0.05) is 43.6 Å². The van der Waals surface area contributed by atoms with Crippen LogP contribution in [0.3, 0.4) is 0 Å². The Balaban J connectivity index is 2.00. The molecule has 2 amide bonds. The molecule has 0 aliphatic rings. The van der Waals surface area contributed by atoms with Gasteiger partial charge in [0.25, 0.3) is 0 Å². The van der Waals surface area contributed by atoms with Crippen molar-refractivity contribution < 1.29 is 9.53 Å². The maximum atomic E-state index is 12.7. The van der Waals surface area contributed by atoms with Gasteiger partial charge in [-0.25, -0.2) is 9.48 Å². The van der Waals surface area contributed by atoms with E-state index in [1.54, 1.807) is 16.8 Å². The number of halogens is 1. The largest absolute Gasteiger partial charge is 0.439 e. The molecule has 0 aliphatic heterocycles. The number of hydrogen-bond acceptors (Lipinski definition) is 3. The van der Waals surface area contributed by atoms with Crippen LogP contribution in [-0.4, -0.2) is 33.8 Å². The van der Waals surface area contributed by atoms with Crippen LogP contribution in [0, 0.1) is 6.92 Å². The summed E-state index contributed by atoms with van der Waals surface area (Å²) in [5.74, 6) is 1.25. The second kappa shape index (κ2) is 10.9. The minimum Gasteiger partial charge on any atom is -0.439 e. The predicted octanol–water partition coefficient (Wildman–Crippen LogP) is 5.96. The van der Waals surface area contributed by atoms with Crippen molar-refractivity contribution in [2.45, 2.75) is 40.2 Å². The zero-order chi connectivity index (χ0) is 22.2. The monoisotopic (exact) mass is 440 g/mol. The van der Waals surface area contributed by atoms with Crippen LogP contribution in [0.5, 0.6) is 11.6 Å². The van der Waals surface area contributed by atoms with E-state index >= 15 is 0 Å². The SMILES string of the molecule is CCCNC(=O)N(CCC)Cc1c(C)nn(-c2ccccc2)c1Oc1ccc(Cl)cc1. The second-order valence-corrected chi connectivity index (χ2v) is 7.76. The van der Waals surface area contributed by atoms with E-state index in [0.717, 1.165) is 29.8 Å². The molecule has 2 aromatic carbocycles. The number of urea groups is 1. The van der Waals surface area contributed by atoms with Gasteiger partial charge in [0.2, 0.25) is 5.88 Å². The second-order valence-electron chi connectivity index (χ2n) is 7.33. The van der Waals surface area contributed by atoms with Crippen LogP contribution in [0.2, 0.25) is 5.02 Å². The van der Waals surface area contributed by atoms with Crippen molar-refractivity contribution in [3.8, 4) is 17.3 Å². The summed E-state index contributed by atoms with van der Waals surface area (Å²) in [5, 5.41) is 8.35. The van der Waals surface area contributed by atoms with Crippen LogP contribution in [0.1, 0.15) is 37.9 Å². The first-order chi connectivity index (χ1) is 15.0. The van der Waals surface area contributed by atoms with Crippen molar-refractivity contribution in [2.24, 2.45) is 0 Å². The third-order valence-electron chi connectivity index (χ3n) is 4.82. The molecule has 0 fully saturated rings. The highest BCUT2D eigenvalue weighted by atomic mass is 35.5. The molecule has 0 radical (unpaired) electrons. The van der Waals surface area contributed by atoms with E-state index in [4.69, 9.17) is 21.4 Å². The third-order valence-corrected chi connectivity index (χ3v) is 5.07. The molecule has 0 saturated carbocycles. The molecule has 0 bridgehead atoms. The first-order valence-electron chi connectivity index (χ1n) is 10.6. The smallest absolute Gasteiger partial charge is 0.317 e. The minimum absolute atomic E-state index is 0.0759. The zero-order valence-electron chi connectivity index (χ0n) is 18.3. The van der Waals surface area contributed by atoms with Gasteiger partial charge in [-0.15, -0.1) is 0 Å². The molecule has 3 rings (SSSR count). The van der Waals surface area contributed by atoms with Crippen molar-refractivity contribution in [3.05, 3.63) is 70.9 Å². The molecule has 0 unspecified atom stereocenters. The number of rotatable bonds is 9. The molecule has 1 aromatic heterocycles. The van der Waals surface area contributed by atoms with Gasteiger partial charge in [0.1, 0.15) is 5.75 Å². The molecule has 0 atom stereocenters. The van der Waals surface area contributed by atoms with Gasteiger partial charge < -0.3 is 15.0 Å². The van der Waals surface area contributed by atoms with Crippen LogP contribution < -0.4 is 10.1 Å². The summed E-state index contributed by atoms with van der Waals surface area (Å²) in [7, 11) is 0. The van der Waals surface area contributed by atoms with E-state index in [1.807, 2.05) is 61.2 Å². The molecule has 6 nitrogen and oxygen atoms in total. The lowest BCUT2D eigenvalue weighted by atomic mass is 10.2. The summed E-state index contributed by atoms with van der Waals surface area (Å²) in [6, 6.07) is 17.0. The predicted molar refractivity (Wildman–Crippen MR) is 124 cm³/mol. The summed E-state index contributed by atoms with van der Waals surface area (Å²) in [6.45, 7) is 7.74. The Morgan fingerprint density at radius 3 is 2.45 bits per heavy atom. The molecule has 3 aromatic rings. The summed E-state index contributed by atoms with van der Waals surface area (Å²) >= 11 is 6.03. The number of para-hydroxylation sites is 1. The first kappa shape index (κ1) is 22.7. The van der Waals surface area contributed by atoms with E-state index in [9.17, 15) is 4.79 Å². The summed E-state index contributed by atoms with van der Waals surface area (Å²) in [6.07, 6.45) is 1.75. The quantitative estimate of drug-likeness (QED) is 0.446. The molecular weight excluding hydrogens is 412 g/mol. The molecule has 31 heavy (non-hydrogen) atoms. The summed E-state index contributed by atoms with van der Waals surface area (Å²) in [4.78, 5) is 14.5. The average molecular weight is 441 g/mol. The van der Waals surface area contributed by atoms with E-state index in [2.05, 4.69) is 12.2 Å². The Labute approximate surface area is 188 Å². The van der Waals surface area contributed by atoms with Gasteiger partial charge in [0.15, 0.2) is 0 Å². The number of aryl methyl sites for hydroxylation is 1. The van der Waals surface area contributed by atoms with Crippen molar-refractivity contribution in [1.29, 1.82) is 0 Å². The zero-order valence-corrected chi connectivity index (χ0v) is 19.0. The molecular formula is C24H29ClN4O2. The normalized spacial score (nSPS) is 10.7. The van der Waals surface area contributed by atoms with Crippen molar-refractivity contribution in [2.75, 3.05) is 13.1 Å². The van der Waals surface area contributed by atoms with Crippen LogP contribution in [-0.2, 0) is 6.54 Å². The molecule has 164 valence electrons. The van der Waals surface area contributed by atoms with E-state index in [-0.39, 0.29) is 6.03 Å². The number of carbonyl (C=O) groups excluding carboxylic acids is 1.